The van der Waals surface area contributed by atoms with Crippen LogP contribution in [0.4, 0.5) is 5.69 Å². The quantitative estimate of drug-likeness (QED) is 0.703. The summed E-state index contributed by atoms with van der Waals surface area (Å²) in [7, 11) is 1.95. The molecule has 0 fully saturated rings. The molecule has 2 N–H and O–H groups in total. The lowest BCUT2D eigenvalue weighted by Gasteiger charge is -2.02. The summed E-state index contributed by atoms with van der Waals surface area (Å²) >= 11 is 3.40. The highest BCUT2D eigenvalue weighted by Crippen LogP contribution is 2.25. The molecule has 0 unspecified atom stereocenters. The summed E-state index contributed by atoms with van der Waals surface area (Å²) in [4.78, 5) is 8.97. The maximum atomic E-state index is 5.80. The summed E-state index contributed by atoms with van der Waals surface area (Å²) in [5.74, 6) is 0.864. The number of fused-ring (bicyclic) bond motifs is 1. The molecule has 0 amide bonds. The number of nitrogens with zero attached hydrogens (tertiary/aromatic N) is 3. The van der Waals surface area contributed by atoms with Gasteiger partial charge in [-0.05, 0) is 34.1 Å². The molecule has 4 nitrogen and oxygen atoms in total. The molecule has 18 heavy (non-hydrogen) atoms. The van der Waals surface area contributed by atoms with Crippen molar-refractivity contribution in [3.8, 4) is 11.4 Å². The fraction of sp³-hybridized carbons (Fsp3) is 0.0769. The van der Waals surface area contributed by atoms with Crippen molar-refractivity contribution in [2.75, 3.05) is 5.73 Å². The van der Waals surface area contributed by atoms with Crippen molar-refractivity contribution in [2.45, 2.75) is 0 Å². The van der Waals surface area contributed by atoms with Crippen LogP contribution in [0.3, 0.4) is 0 Å². The van der Waals surface area contributed by atoms with E-state index in [0.717, 1.165) is 32.7 Å². The smallest absolute Gasteiger partial charge is 0.160 e. The van der Waals surface area contributed by atoms with Gasteiger partial charge in [-0.15, -0.1) is 0 Å². The Morgan fingerprint density at radius 1 is 1.28 bits per heavy atom. The third kappa shape index (κ3) is 1.76. The number of nitrogen functional groups attached to an aromatic ring is 1. The first-order valence-electron chi connectivity index (χ1n) is 5.49. The van der Waals surface area contributed by atoms with Gasteiger partial charge < -0.3 is 10.3 Å². The number of aryl methyl sites for hydroxylation is 1. The van der Waals surface area contributed by atoms with E-state index in [-0.39, 0.29) is 0 Å². The number of nitrogens with two attached hydrogens (primary N) is 1. The Morgan fingerprint density at radius 2 is 2.11 bits per heavy atom. The van der Waals surface area contributed by atoms with Crippen LogP contribution in [0.15, 0.2) is 41.0 Å². The van der Waals surface area contributed by atoms with E-state index >= 15 is 0 Å². The zero-order valence-corrected chi connectivity index (χ0v) is 11.3. The van der Waals surface area contributed by atoms with Crippen LogP contribution in [0, 0.1) is 0 Å². The monoisotopic (exact) mass is 302 g/mol. The third-order valence-electron chi connectivity index (χ3n) is 2.82. The maximum absolute atomic E-state index is 5.80. The van der Waals surface area contributed by atoms with E-state index in [0.29, 0.717) is 0 Å². The minimum absolute atomic E-state index is 0.730. The molecule has 0 saturated carbocycles. The molecule has 5 heteroatoms. The van der Waals surface area contributed by atoms with Crippen LogP contribution in [-0.2, 0) is 7.05 Å². The maximum Gasteiger partial charge on any atom is 0.160 e. The number of hydrogen-bond acceptors (Lipinski definition) is 3. The van der Waals surface area contributed by atoms with Gasteiger partial charge in [-0.3, -0.25) is 0 Å². The molecule has 0 radical (unpaired) electrons. The van der Waals surface area contributed by atoms with Gasteiger partial charge in [0.1, 0.15) is 11.3 Å². The molecule has 0 saturated heterocycles. The van der Waals surface area contributed by atoms with Crippen molar-refractivity contribution < 1.29 is 0 Å². The van der Waals surface area contributed by atoms with Crippen LogP contribution in [-0.4, -0.2) is 14.5 Å². The number of imidazole rings is 1. The van der Waals surface area contributed by atoms with Gasteiger partial charge in [0.25, 0.3) is 0 Å². The summed E-state index contributed by atoms with van der Waals surface area (Å²) < 4.78 is 2.89. The standard InChI is InChI=1S/C13H11BrN4/c1-18-12(8-3-2-4-10(15)5-8)17-11-6-9(14)7-16-13(11)18/h2-7H,15H2,1H3. The number of benzene rings is 1. The van der Waals surface area contributed by atoms with Gasteiger partial charge in [0.05, 0.1) is 0 Å². The highest BCUT2D eigenvalue weighted by atomic mass is 79.9. The number of hydrogen-bond donors (Lipinski definition) is 1. The zero-order valence-electron chi connectivity index (χ0n) is 9.76. The summed E-state index contributed by atoms with van der Waals surface area (Å²) in [5.41, 5.74) is 9.25. The Bertz CT molecular complexity index is 733. The second kappa shape index (κ2) is 4.10. The number of aromatic nitrogens is 3. The molecule has 90 valence electrons. The molecular weight excluding hydrogens is 292 g/mol. The van der Waals surface area contributed by atoms with E-state index < -0.39 is 0 Å². The normalized spacial score (nSPS) is 11.0. The third-order valence-corrected chi connectivity index (χ3v) is 3.25. The average Bonchev–Trinajstić information content (AvgIpc) is 2.66. The van der Waals surface area contributed by atoms with E-state index in [9.17, 15) is 0 Å². The van der Waals surface area contributed by atoms with Gasteiger partial charge in [-0.2, -0.15) is 0 Å². The Balaban J connectivity index is 2.27. The van der Waals surface area contributed by atoms with Crippen molar-refractivity contribution in [3.05, 3.63) is 41.0 Å². The van der Waals surface area contributed by atoms with Crippen LogP contribution in [0.1, 0.15) is 0 Å². The second-order valence-corrected chi connectivity index (χ2v) is 5.03. The van der Waals surface area contributed by atoms with Crippen LogP contribution in [0.5, 0.6) is 0 Å². The summed E-state index contributed by atoms with van der Waals surface area (Å²) in [6, 6.07) is 9.65. The average molecular weight is 303 g/mol. The number of pyridine rings is 1. The van der Waals surface area contributed by atoms with Gasteiger partial charge in [-0.25, -0.2) is 9.97 Å². The number of halogens is 1. The van der Waals surface area contributed by atoms with Crippen LogP contribution in [0.25, 0.3) is 22.6 Å². The lowest BCUT2D eigenvalue weighted by Crippen LogP contribution is -1.94. The van der Waals surface area contributed by atoms with Crippen LogP contribution in [0.2, 0.25) is 0 Å². The Labute approximate surface area is 113 Å². The molecule has 0 atom stereocenters. The first-order valence-corrected chi connectivity index (χ1v) is 6.28. The molecule has 3 rings (SSSR count). The van der Waals surface area contributed by atoms with Gasteiger partial charge in [0.15, 0.2) is 5.65 Å². The molecule has 0 spiro atoms. The molecule has 0 aliphatic heterocycles. The molecule has 0 aliphatic rings. The molecule has 0 bridgehead atoms. The van der Waals surface area contributed by atoms with Crippen molar-refractivity contribution in [1.82, 2.24) is 14.5 Å². The van der Waals surface area contributed by atoms with Crippen molar-refractivity contribution in [1.29, 1.82) is 0 Å². The first-order chi connectivity index (χ1) is 8.65. The van der Waals surface area contributed by atoms with Gasteiger partial charge in [-0.1, -0.05) is 12.1 Å². The highest BCUT2D eigenvalue weighted by Gasteiger charge is 2.11. The lowest BCUT2D eigenvalue weighted by molar-refractivity contribution is 0.942. The van der Waals surface area contributed by atoms with Gasteiger partial charge in [0.2, 0.25) is 0 Å². The zero-order chi connectivity index (χ0) is 12.7. The summed E-state index contributed by atoms with van der Waals surface area (Å²) in [5, 5.41) is 0. The Hall–Kier alpha value is -1.88. The fourth-order valence-corrected chi connectivity index (χ4v) is 2.31. The number of rotatable bonds is 1. The minimum atomic E-state index is 0.730. The predicted octanol–water partition coefficient (Wildman–Crippen LogP) is 2.98. The molecule has 3 aromatic rings. The highest BCUT2D eigenvalue weighted by molar-refractivity contribution is 9.10. The second-order valence-electron chi connectivity index (χ2n) is 4.12. The van der Waals surface area contributed by atoms with Crippen molar-refractivity contribution in [3.63, 3.8) is 0 Å². The fourth-order valence-electron chi connectivity index (χ4n) is 1.99. The molecule has 2 aromatic heterocycles. The minimum Gasteiger partial charge on any atom is -0.399 e. The predicted molar refractivity (Wildman–Crippen MR) is 76.1 cm³/mol. The van der Waals surface area contributed by atoms with E-state index in [1.54, 1.807) is 6.20 Å². The lowest BCUT2D eigenvalue weighted by atomic mass is 10.2. The van der Waals surface area contributed by atoms with E-state index in [4.69, 9.17) is 5.73 Å². The van der Waals surface area contributed by atoms with Gasteiger partial charge >= 0.3 is 0 Å². The number of anilines is 1. The van der Waals surface area contributed by atoms with Crippen molar-refractivity contribution >= 4 is 32.8 Å². The Morgan fingerprint density at radius 3 is 2.89 bits per heavy atom. The summed E-state index contributed by atoms with van der Waals surface area (Å²) in [6.07, 6.45) is 1.77. The van der Waals surface area contributed by atoms with Crippen LogP contribution < -0.4 is 5.73 Å². The summed E-state index contributed by atoms with van der Waals surface area (Å²) in [6.45, 7) is 0. The molecule has 1 aromatic carbocycles. The van der Waals surface area contributed by atoms with Crippen LogP contribution >= 0.6 is 15.9 Å². The van der Waals surface area contributed by atoms with E-state index in [2.05, 4.69) is 25.9 Å². The topological polar surface area (TPSA) is 56.7 Å². The molecule has 0 aliphatic carbocycles. The van der Waals surface area contributed by atoms with E-state index in [1.165, 1.54) is 0 Å². The molecule has 2 heterocycles. The molecular formula is C13H11BrN4. The van der Waals surface area contributed by atoms with E-state index in [1.807, 2.05) is 41.9 Å². The first kappa shape index (κ1) is 11.2. The SMILES string of the molecule is Cn1c(-c2cccc(N)c2)nc2cc(Br)cnc21. The van der Waals surface area contributed by atoms with Gasteiger partial charge in [0, 0.05) is 29.0 Å². The van der Waals surface area contributed by atoms with Crippen molar-refractivity contribution in [2.24, 2.45) is 7.05 Å². The largest absolute Gasteiger partial charge is 0.399 e. The Kier molecular flexibility index (Phi) is 2.56.